The molecule has 0 unspecified atom stereocenters. The highest BCUT2D eigenvalue weighted by atomic mass is 16.5. The molecule has 2 amide bonds. The van der Waals surface area contributed by atoms with E-state index in [0.29, 0.717) is 18.7 Å². The summed E-state index contributed by atoms with van der Waals surface area (Å²) in [6, 6.07) is 22.9. The lowest BCUT2D eigenvalue weighted by Crippen LogP contribution is -2.45. The number of carbonyl (C=O) groups excluding carboxylic acids is 2. The number of amides is 2. The average Bonchev–Trinajstić information content (AvgIpc) is 3.22. The van der Waals surface area contributed by atoms with Crippen LogP contribution >= 0.6 is 0 Å². The predicted octanol–water partition coefficient (Wildman–Crippen LogP) is 3.43. The first-order valence-electron chi connectivity index (χ1n) is 12.3. The van der Waals surface area contributed by atoms with Crippen LogP contribution in [-0.2, 0) is 20.9 Å². The molecule has 0 aliphatic heterocycles. The van der Waals surface area contributed by atoms with Gasteiger partial charge in [-0.1, -0.05) is 60.7 Å². The van der Waals surface area contributed by atoms with E-state index in [0.717, 1.165) is 18.5 Å². The van der Waals surface area contributed by atoms with Crippen molar-refractivity contribution in [2.75, 3.05) is 32.1 Å². The maximum atomic E-state index is 12.9. The molecule has 188 valence electrons. The number of ether oxygens (including phenoxy) is 1. The van der Waals surface area contributed by atoms with Crippen molar-refractivity contribution in [3.05, 3.63) is 89.5 Å². The zero-order valence-electron chi connectivity index (χ0n) is 20.5. The number of fused-ring (bicyclic) bond motifs is 3. The van der Waals surface area contributed by atoms with Gasteiger partial charge in [0.2, 0.25) is 11.8 Å². The van der Waals surface area contributed by atoms with Crippen molar-refractivity contribution in [3.63, 3.8) is 0 Å². The molecule has 0 spiro atoms. The third-order valence-electron chi connectivity index (χ3n) is 6.46. The minimum Gasteiger partial charge on any atom is -0.392 e. The van der Waals surface area contributed by atoms with E-state index in [2.05, 4.69) is 40.2 Å². The topological polar surface area (TPSA) is 99.7 Å². The number of rotatable bonds is 12. The number of aliphatic hydroxyl groups is 1. The van der Waals surface area contributed by atoms with Crippen molar-refractivity contribution in [3.8, 4) is 11.1 Å². The van der Waals surface area contributed by atoms with E-state index in [-0.39, 0.29) is 30.9 Å². The summed E-state index contributed by atoms with van der Waals surface area (Å²) in [7, 11) is 1.85. The summed E-state index contributed by atoms with van der Waals surface area (Å²) in [5.74, 6) is -0.536. The van der Waals surface area contributed by atoms with E-state index < -0.39 is 6.04 Å². The molecule has 7 heteroatoms. The minimum absolute atomic E-state index is 0.0606. The van der Waals surface area contributed by atoms with Crippen LogP contribution in [0, 0.1) is 0 Å². The molecule has 7 nitrogen and oxygen atoms in total. The number of aliphatic hydroxyl groups excluding tert-OH is 1. The highest BCUT2D eigenvalue weighted by molar-refractivity contribution is 5.97. The summed E-state index contributed by atoms with van der Waals surface area (Å²) in [6.45, 7) is 0.938. The maximum Gasteiger partial charge on any atom is 0.246 e. The molecule has 0 saturated carbocycles. The molecular formula is C29H33N3O4. The van der Waals surface area contributed by atoms with Crippen LogP contribution in [0.2, 0.25) is 0 Å². The molecule has 0 fully saturated rings. The zero-order valence-corrected chi connectivity index (χ0v) is 20.5. The van der Waals surface area contributed by atoms with E-state index in [1.165, 1.54) is 22.3 Å². The van der Waals surface area contributed by atoms with E-state index in [4.69, 9.17) is 4.74 Å². The number of hydrogen-bond acceptors (Lipinski definition) is 5. The van der Waals surface area contributed by atoms with Gasteiger partial charge in [0.1, 0.15) is 12.6 Å². The van der Waals surface area contributed by atoms with Gasteiger partial charge in [0, 0.05) is 11.6 Å². The lowest BCUT2D eigenvalue weighted by molar-refractivity contribution is -0.130. The summed E-state index contributed by atoms with van der Waals surface area (Å²) in [5, 5.41) is 18.0. The molecule has 0 bridgehead atoms. The van der Waals surface area contributed by atoms with E-state index in [1.54, 1.807) is 24.3 Å². The predicted molar refractivity (Wildman–Crippen MR) is 141 cm³/mol. The van der Waals surface area contributed by atoms with Crippen molar-refractivity contribution < 1.29 is 19.4 Å². The fourth-order valence-corrected chi connectivity index (χ4v) is 4.62. The van der Waals surface area contributed by atoms with Crippen molar-refractivity contribution >= 4 is 17.5 Å². The molecule has 0 radical (unpaired) electrons. The molecule has 1 atom stereocenters. The smallest absolute Gasteiger partial charge is 0.246 e. The van der Waals surface area contributed by atoms with Crippen molar-refractivity contribution in [1.29, 1.82) is 0 Å². The number of hydrogen-bond donors (Lipinski definition) is 4. The first kappa shape index (κ1) is 25.6. The Balaban J connectivity index is 1.34. The summed E-state index contributed by atoms with van der Waals surface area (Å²) in [4.78, 5) is 25.6. The Morgan fingerprint density at radius 3 is 2.19 bits per heavy atom. The van der Waals surface area contributed by atoms with Gasteiger partial charge in [-0.2, -0.15) is 0 Å². The Kier molecular flexibility index (Phi) is 8.84. The Morgan fingerprint density at radius 2 is 1.58 bits per heavy atom. The normalized spacial score (nSPS) is 13.1. The SMILES string of the molecule is CNCCC[C@H](NC(=O)COCC1c2ccccc2-c2ccccc21)C(=O)Nc1ccc(CO)cc1. The van der Waals surface area contributed by atoms with E-state index >= 15 is 0 Å². The molecule has 1 aliphatic rings. The van der Waals surface area contributed by atoms with Gasteiger partial charge in [-0.05, 0) is 66.4 Å². The summed E-state index contributed by atoms with van der Waals surface area (Å²) in [5.41, 5.74) is 6.20. The van der Waals surface area contributed by atoms with Gasteiger partial charge in [0.25, 0.3) is 0 Å². The van der Waals surface area contributed by atoms with Gasteiger partial charge in [-0.15, -0.1) is 0 Å². The average molecular weight is 488 g/mol. The Hall–Kier alpha value is -3.52. The van der Waals surface area contributed by atoms with Crippen LogP contribution in [0.3, 0.4) is 0 Å². The van der Waals surface area contributed by atoms with Gasteiger partial charge in [-0.25, -0.2) is 0 Å². The number of carbonyl (C=O) groups is 2. The van der Waals surface area contributed by atoms with Crippen LogP contribution in [0.25, 0.3) is 11.1 Å². The molecule has 1 aliphatic carbocycles. The molecule has 3 aromatic rings. The Labute approximate surface area is 211 Å². The molecule has 3 aromatic carbocycles. The Morgan fingerprint density at radius 1 is 0.944 bits per heavy atom. The number of benzene rings is 3. The third-order valence-corrected chi connectivity index (χ3v) is 6.46. The highest BCUT2D eigenvalue weighted by Gasteiger charge is 2.28. The molecule has 0 heterocycles. The monoisotopic (exact) mass is 487 g/mol. The van der Waals surface area contributed by atoms with E-state index in [9.17, 15) is 14.7 Å². The Bertz CT molecular complexity index is 1130. The van der Waals surface area contributed by atoms with Crippen LogP contribution in [0.4, 0.5) is 5.69 Å². The second kappa shape index (κ2) is 12.4. The molecular weight excluding hydrogens is 454 g/mol. The van der Waals surface area contributed by atoms with Crippen molar-refractivity contribution in [1.82, 2.24) is 10.6 Å². The van der Waals surface area contributed by atoms with Gasteiger partial charge in [0.15, 0.2) is 0 Å². The van der Waals surface area contributed by atoms with Crippen LogP contribution in [0.15, 0.2) is 72.8 Å². The molecule has 4 N–H and O–H groups in total. The standard InChI is InChI=1S/C29H33N3O4/c1-30-16-6-11-27(29(35)31-21-14-12-20(17-33)13-15-21)32-28(34)19-36-18-26-24-9-4-2-7-22(24)23-8-3-5-10-25(23)26/h2-5,7-10,12-15,26-27,30,33H,6,11,16-19H2,1H3,(H,31,35)(H,32,34)/t27-/m0/s1. The molecule has 0 saturated heterocycles. The fraction of sp³-hybridized carbons (Fsp3) is 0.310. The summed E-state index contributed by atoms with van der Waals surface area (Å²) in [6.07, 6.45) is 1.23. The van der Waals surface area contributed by atoms with Gasteiger partial charge >= 0.3 is 0 Å². The minimum atomic E-state index is -0.681. The first-order chi connectivity index (χ1) is 17.6. The summed E-state index contributed by atoms with van der Waals surface area (Å²) >= 11 is 0. The second-order valence-corrected chi connectivity index (χ2v) is 8.95. The second-order valence-electron chi connectivity index (χ2n) is 8.95. The van der Waals surface area contributed by atoms with Gasteiger partial charge < -0.3 is 25.8 Å². The van der Waals surface area contributed by atoms with Crippen LogP contribution in [-0.4, -0.2) is 49.8 Å². The van der Waals surface area contributed by atoms with Crippen molar-refractivity contribution in [2.24, 2.45) is 0 Å². The molecule has 4 rings (SSSR count). The van der Waals surface area contributed by atoms with E-state index in [1.807, 2.05) is 31.3 Å². The van der Waals surface area contributed by atoms with Crippen molar-refractivity contribution in [2.45, 2.75) is 31.4 Å². The van der Waals surface area contributed by atoms with Crippen LogP contribution < -0.4 is 16.0 Å². The molecule has 0 aromatic heterocycles. The lowest BCUT2D eigenvalue weighted by atomic mass is 9.98. The van der Waals surface area contributed by atoms with Crippen LogP contribution in [0.1, 0.15) is 35.4 Å². The number of nitrogens with one attached hydrogen (secondary N) is 3. The quantitative estimate of drug-likeness (QED) is 0.294. The summed E-state index contributed by atoms with van der Waals surface area (Å²) < 4.78 is 5.86. The largest absolute Gasteiger partial charge is 0.392 e. The highest BCUT2D eigenvalue weighted by Crippen LogP contribution is 2.44. The first-order valence-corrected chi connectivity index (χ1v) is 12.3. The lowest BCUT2D eigenvalue weighted by Gasteiger charge is -2.19. The zero-order chi connectivity index (χ0) is 25.3. The number of anilines is 1. The molecule has 36 heavy (non-hydrogen) atoms. The maximum absolute atomic E-state index is 12.9. The fourth-order valence-electron chi connectivity index (χ4n) is 4.62. The van der Waals surface area contributed by atoms with Gasteiger partial charge in [0.05, 0.1) is 13.2 Å². The van der Waals surface area contributed by atoms with Crippen LogP contribution in [0.5, 0.6) is 0 Å². The van der Waals surface area contributed by atoms with Gasteiger partial charge in [-0.3, -0.25) is 9.59 Å². The third kappa shape index (κ3) is 6.18.